The van der Waals surface area contributed by atoms with Crippen LogP contribution in [0.15, 0.2) is 24.3 Å². The first-order chi connectivity index (χ1) is 8.51. The van der Waals surface area contributed by atoms with Crippen LogP contribution in [0.2, 0.25) is 0 Å². The van der Waals surface area contributed by atoms with Crippen LogP contribution in [0.1, 0.15) is 24.2 Å². The lowest BCUT2D eigenvalue weighted by molar-refractivity contribution is -0.00429. The fourth-order valence-corrected chi connectivity index (χ4v) is 2.23. The molecule has 4 nitrogen and oxygen atoms in total. The van der Waals surface area contributed by atoms with E-state index >= 15 is 0 Å². The van der Waals surface area contributed by atoms with Gasteiger partial charge in [-0.15, -0.1) is 0 Å². The van der Waals surface area contributed by atoms with Gasteiger partial charge in [0.1, 0.15) is 5.75 Å². The molecule has 0 radical (unpaired) electrons. The van der Waals surface area contributed by atoms with Gasteiger partial charge < -0.3 is 9.84 Å². The molecule has 1 N–H and O–H groups in total. The highest BCUT2D eigenvalue weighted by atomic mass is 16.5. The topological polar surface area (TPSA) is 49.8 Å². The van der Waals surface area contributed by atoms with E-state index < -0.39 is 5.54 Å². The molecule has 0 unspecified atom stereocenters. The molecule has 1 aliphatic rings. The van der Waals surface area contributed by atoms with E-state index in [4.69, 9.17) is 4.74 Å². The third kappa shape index (κ3) is 2.54. The SMILES string of the molecule is CC(C)(C(=O)c1ccc(O)cc1)N1CCOCC1. The zero-order valence-corrected chi connectivity index (χ0v) is 10.8. The zero-order chi connectivity index (χ0) is 13.2. The quantitative estimate of drug-likeness (QED) is 0.828. The Morgan fingerprint density at radius 2 is 1.78 bits per heavy atom. The van der Waals surface area contributed by atoms with Crippen LogP contribution in [0, 0.1) is 0 Å². The first kappa shape index (κ1) is 13.1. The number of hydrogen-bond donors (Lipinski definition) is 1. The molecule has 1 fully saturated rings. The summed E-state index contributed by atoms with van der Waals surface area (Å²) >= 11 is 0. The first-order valence-corrected chi connectivity index (χ1v) is 6.18. The van der Waals surface area contributed by atoms with Gasteiger partial charge in [0.05, 0.1) is 18.8 Å². The van der Waals surface area contributed by atoms with Crippen molar-refractivity contribution in [3.63, 3.8) is 0 Å². The molecule has 0 amide bonds. The molecule has 0 saturated carbocycles. The predicted octanol–water partition coefficient (Wildman–Crippen LogP) is 1.69. The number of phenolic OH excluding ortho intramolecular Hbond substituents is 1. The molecule has 1 aromatic rings. The van der Waals surface area contributed by atoms with Gasteiger partial charge >= 0.3 is 0 Å². The molecule has 1 heterocycles. The molecule has 2 rings (SSSR count). The van der Waals surface area contributed by atoms with E-state index in [1.165, 1.54) is 0 Å². The number of aromatic hydroxyl groups is 1. The number of carbonyl (C=O) groups excluding carboxylic acids is 1. The maximum atomic E-state index is 12.5. The molecule has 1 aliphatic heterocycles. The van der Waals surface area contributed by atoms with Gasteiger partial charge in [-0.2, -0.15) is 0 Å². The van der Waals surface area contributed by atoms with Crippen LogP contribution in [0.25, 0.3) is 0 Å². The standard InChI is InChI=1S/C14H19NO3/c1-14(2,15-7-9-18-10-8-15)13(17)11-3-5-12(16)6-4-11/h3-6,16H,7-10H2,1-2H3. The van der Waals surface area contributed by atoms with Crippen molar-refractivity contribution in [1.29, 1.82) is 0 Å². The molecule has 0 aromatic heterocycles. The third-order valence-electron chi connectivity index (χ3n) is 3.49. The molecule has 0 bridgehead atoms. The number of carbonyl (C=O) groups is 1. The zero-order valence-electron chi connectivity index (χ0n) is 10.8. The van der Waals surface area contributed by atoms with E-state index in [9.17, 15) is 9.90 Å². The van der Waals surface area contributed by atoms with E-state index in [2.05, 4.69) is 4.90 Å². The van der Waals surface area contributed by atoms with Crippen LogP contribution in [0.5, 0.6) is 5.75 Å². The molecule has 98 valence electrons. The fourth-order valence-electron chi connectivity index (χ4n) is 2.23. The maximum Gasteiger partial charge on any atom is 0.182 e. The van der Waals surface area contributed by atoms with Gasteiger partial charge in [-0.1, -0.05) is 0 Å². The lowest BCUT2D eigenvalue weighted by Crippen LogP contribution is -2.54. The Labute approximate surface area is 107 Å². The molecule has 18 heavy (non-hydrogen) atoms. The molecule has 0 atom stereocenters. The second-order valence-electron chi connectivity index (χ2n) is 5.03. The maximum absolute atomic E-state index is 12.5. The Bertz CT molecular complexity index is 419. The Kier molecular flexibility index (Phi) is 3.68. The normalized spacial score (nSPS) is 17.7. The van der Waals surface area contributed by atoms with Gasteiger partial charge in [-0.25, -0.2) is 0 Å². The van der Waals surface area contributed by atoms with Gasteiger partial charge in [0.2, 0.25) is 0 Å². The molecule has 4 heteroatoms. The van der Waals surface area contributed by atoms with E-state index in [0.29, 0.717) is 18.8 Å². The Morgan fingerprint density at radius 3 is 2.33 bits per heavy atom. The van der Waals surface area contributed by atoms with Crippen LogP contribution in [0.4, 0.5) is 0 Å². The molecule has 1 aromatic carbocycles. The highest BCUT2D eigenvalue weighted by molar-refractivity contribution is 6.02. The number of morpholine rings is 1. The highest BCUT2D eigenvalue weighted by Gasteiger charge is 2.35. The second kappa shape index (κ2) is 5.08. The molecule has 0 spiro atoms. The summed E-state index contributed by atoms with van der Waals surface area (Å²) in [7, 11) is 0. The Hall–Kier alpha value is -1.39. The van der Waals surface area contributed by atoms with Crippen LogP contribution in [-0.2, 0) is 4.74 Å². The van der Waals surface area contributed by atoms with Crippen molar-refractivity contribution in [3.05, 3.63) is 29.8 Å². The minimum absolute atomic E-state index is 0.0735. The number of rotatable bonds is 3. The smallest absolute Gasteiger partial charge is 0.182 e. The lowest BCUT2D eigenvalue weighted by Gasteiger charge is -2.39. The van der Waals surface area contributed by atoms with Crippen molar-refractivity contribution >= 4 is 5.78 Å². The van der Waals surface area contributed by atoms with Crippen LogP contribution < -0.4 is 0 Å². The average molecular weight is 249 g/mol. The number of Topliss-reactive ketones (excluding diaryl/α,β-unsaturated/α-hetero) is 1. The van der Waals surface area contributed by atoms with E-state index in [0.717, 1.165) is 13.1 Å². The Morgan fingerprint density at radius 1 is 1.22 bits per heavy atom. The average Bonchev–Trinajstić information content (AvgIpc) is 2.40. The predicted molar refractivity (Wildman–Crippen MR) is 68.9 cm³/mol. The van der Waals surface area contributed by atoms with E-state index in [1.54, 1.807) is 24.3 Å². The molecular weight excluding hydrogens is 230 g/mol. The minimum Gasteiger partial charge on any atom is -0.508 e. The number of hydrogen-bond acceptors (Lipinski definition) is 4. The fraction of sp³-hybridized carbons (Fsp3) is 0.500. The van der Waals surface area contributed by atoms with Crippen LogP contribution >= 0.6 is 0 Å². The number of phenols is 1. The number of ether oxygens (including phenoxy) is 1. The van der Waals surface area contributed by atoms with Crippen molar-refractivity contribution in [2.75, 3.05) is 26.3 Å². The summed E-state index contributed by atoms with van der Waals surface area (Å²) in [5.74, 6) is 0.250. The molecule has 1 saturated heterocycles. The van der Waals surface area contributed by atoms with E-state index in [1.807, 2.05) is 13.8 Å². The van der Waals surface area contributed by atoms with Gasteiger partial charge in [-0.05, 0) is 38.1 Å². The van der Waals surface area contributed by atoms with Crippen LogP contribution in [0.3, 0.4) is 0 Å². The summed E-state index contributed by atoms with van der Waals surface area (Å²) in [6, 6.07) is 6.42. The van der Waals surface area contributed by atoms with Crippen molar-refractivity contribution in [2.45, 2.75) is 19.4 Å². The number of nitrogens with zero attached hydrogens (tertiary/aromatic N) is 1. The number of ketones is 1. The molecule has 0 aliphatic carbocycles. The van der Waals surface area contributed by atoms with Gasteiger partial charge in [0.15, 0.2) is 5.78 Å². The van der Waals surface area contributed by atoms with Crippen LogP contribution in [-0.4, -0.2) is 47.6 Å². The van der Waals surface area contributed by atoms with Crippen molar-refractivity contribution in [3.8, 4) is 5.75 Å². The Balaban J connectivity index is 2.17. The van der Waals surface area contributed by atoms with Gasteiger partial charge in [-0.3, -0.25) is 9.69 Å². The highest BCUT2D eigenvalue weighted by Crippen LogP contribution is 2.22. The largest absolute Gasteiger partial charge is 0.508 e. The lowest BCUT2D eigenvalue weighted by atomic mass is 9.91. The summed E-state index contributed by atoms with van der Waals surface area (Å²) in [6.45, 7) is 6.77. The summed E-state index contributed by atoms with van der Waals surface area (Å²) in [5, 5.41) is 9.25. The monoisotopic (exact) mass is 249 g/mol. The minimum atomic E-state index is -0.541. The summed E-state index contributed by atoms with van der Waals surface area (Å²) in [5.41, 5.74) is 0.0881. The van der Waals surface area contributed by atoms with Crippen molar-refractivity contribution in [1.82, 2.24) is 4.90 Å². The van der Waals surface area contributed by atoms with E-state index in [-0.39, 0.29) is 11.5 Å². The summed E-state index contributed by atoms with van der Waals surface area (Å²) < 4.78 is 5.31. The van der Waals surface area contributed by atoms with Crippen molar-refractivity contribution in [2.24, 2.45) is 0 Å². The second-order valence-corrected chi connectivity index (χ2v) is 5.03. The first-order valence-electron chi connectivity index (χ1n) is 6.18. The van der Waals surface area contributed by atoms with Gasteiger partial charge in [0.25, 0.3) is 0 Å². The van der Waals surface area contributed by atoms with Gasteiger partial charge in [0, 0.05) is 18.7 Å². The number of benzene rings is 1. The summed E-state index contributed by atoms with van der Waals surface area (Å²) in [6.07, 6.45) is 0. The van der Waals surface area contributed by atoms with Crippen molar-refractivity contribution < 1.29 is 14.6 Å². The third-order valence-corrected chi connectivity index (χ3v) is 3.49. The molecular formula is C14H19NO3. The summed E-state index contributed by atoms with van der Waals surface area (Å²) in [4.78, 5) is 14.7.